The van der Waals surface area contributed by atoms with E-state index in [9.17, 15) is 0 Å². The molecule has 2 aromatic carbocycles. The molecule has 0 aromatic heterocycles. The summed E-state index contributed by atoms with van der Waals surface area (Å²) in [4.78, 5) is 0. The van der Waals surface area contributed by atoms with E-state index in [1.54, 1.807) is 0 Å². The van der Waals surface area contributed by atoms with E-state index < -0.39 is 0 Å². The van der Waals surface area contributed by atoms with Crippen LogP contribution in [0.5, 0.6) is 0 Å². The molecular weight excluding hydrogens is 386 g/mol. The highest BCUT2D eigenvalue weighted by Crippen LogP contribution is 2.26. The number of amidine groups is 1. The first kappa shape index (κ1) is 14.9. The lowest BCUT2D eigenvalue weighted by molar-refractivity contribution is 0.318. The Bertz CT molecular complexity index is 627. The zero-order valence-electron chi connectivity index (χ0n) is 10.5. The van der Waals surface area contributed by atoms with E-state index in [-0.39, 0.29) is 5.84 Å². The summed E-state index contributed by atoms with van der Waals surface area (Å²) in [5.74, 6) is 0.110. The lowest BCUT2D eigenvalue weighted by atomic mass is 10.1. The maximum Gasteiger partial charge on any atom is 0.170 e. The van der Waals surface area contributed by atoms with Gasteiger partial charge in [0.1, 0.15) is 0 Å². The summed E-state index contributed by atoms with van der Waals surface area (Å²) >= 11 is 6.94. The van der Waals surface area contributed by atoms with E-state index in [1.807, 2.05) is 42.5 Å². The molecule has 4 nitrogen and oxygen atoms in total. The average Bonchev–Trinajstić information content (AvgIpc) is 2.48. The first-order valence-electron chi connectivity index (χ1n) is 5.86. The van der Waals surface area contributed by atoms with Crippen LogP contribution < -0.4 is 11.1 Å². The smallest absolute Gasteiger partial charge is 0.170 e. The van der Waals surface area contributed by atoms with Crippen LogP contribution in [0.15, 0.2) is 56.6 Å². The molecule has 2 aromatic rings. The molecule has 0 amide bonds. The van der Waals surface area contributed by atoms with E-state index in [2.05, 4.69) is 42.3 Å². The summed E-state index contributed by atoms with van der Waals surface area (Å²) in [6, 6.07) is 13.5. The molecule has 0 radical (unpaired) electrons. The number of nitrogens with two attached hydrogens (primary N) is 1. The zero-order valence-corrected chi connectivity index (χ0v) is 13.6. The SMILES string of the molecule is NC(=NO)c1ccc(CNc2cc(Br)ccc2Br)cc1. The second kappa shape index (κ2) is 6.76. The Morgan fingerprint density at radius 2 is 1.85 bits per heavy atom. The third kappa shape index (κ3) is 3.74. The Balaban J connectivity index is 2.06. The monoisotopic (exact) mass is 397 g/mol. The van der Waals surface area contributed by atoms with Crippen LogP contribution in [-0.2, 0) is 6.54 Å². The Morgan fingerprint density at radius 3 is 2.50 bits per heavy atom. The van der Waals surface area contributed by atoms with Crippen LogP contribution >= 0.6 is 31.9 Å². The van der Waals surface area contributed by atoms with E-state index in [1.165, 1.54) is 0 Å². The summed E-state index contributed by atoms with van der Waals surface area (Å²) in [5.41, 5.74) is 8.33. The molecule has 2 rings (SSSR count). The molecule has 6 heteroatoms. The minimum absolute atomic E-state index is 0.110. The minimum atomic E-state index is 0.110. The minimum Gasteiger partial charge on any atom is -0.409 e. The molecule has 0 bridgehead atoms. The molecule has 0 saturated heterocycles. The fourth-order valence-electron chi connectivity index (χ4n) is 1.68. The van der Waals surface area contributed by atoms with Crippen molar-refractivity contribution in [3.05, 3.63) is 62.5 Å². The van der Waals surface area contributed by atoms with Crippen LogP contribution in [0.25, 0.3) is 0 Å². The van der Waals surface area contributed by atoms with Crippen molar-refractivity contribution in [2.45, 2.75) is 6.54 Å². The highest BCUT2D eigenvalue weighted by Gasteiger charge is 2.02. The molecule has 0 aliphatic carbocycles. The number of nitrogens with zero attached hydrogens (tertiary/aromatic N) is 1. The second-order valence-electron chi connectivity index (χ2n) is 4.16. The number of oxime groups is 1. The molecule has 0 atom stereocenters. The first-order valence-corrected chi connectivity index (χ1v) is 7.44. The summed E-state index contributed by atoms with van der Waals surface area (Å²) in [6.45, 7) is 0.686. The zero-order chi connectivity index (χ0) is 14.5. The molecular formula is C14H13Br2N3O. The number of nitrogens with one attached hydrogen (secondary N) is 1. The van der Waals surface area contributed by atoms with Gasteiger partial charge >= 0.3 is 0 Å². The summed E-state index contributed by atoms with van der Waals surface area (Å²) in [5, 5.41) is 14.9. The predicted molar refractivity (Wildman–Crippen MR) is 88.1 cm³/mol. The normalized spacial score (nSPS) is 11.4. The van der Waals surface area contributed by atoms with Crippen molar-refractivity contribution in [3.8, 4) is 0 Å². The quantitative estimate of drug-likeness (QED) is 0.316. The van der Waals surface area contributed by atoms with Crippen molar-refractivity contribution >= 4 is 43.4 Å². The Labute approximate surface area is 133 Å². The largest absolute Gasteiger partial charge is 0.409 e. The summed E-state index contributed by atoms with van der Waals surface area (Å²) < 4.78 is 2.03. The summed E-state index contributed by atoms with van der Waals surface area (Å²) in [6.07, 6.45) is 0. The van der Waals surface area contributed by atoms with Crippen molar-refractivity contribution in [2.75, 3.05) is 5.32 Å². The third-order valence-electron chi connectivity index (χ3n) is 2.77. The van der Waals surface area contributed by atoms with Gasteiger partial charge in [0.25, 0.3) is 0 Å². The van der Waals surface area contributed by atoms with Gasteiger partial charge in [0.15, 0.2) is 5.84 Å². The van der Waals surface area contributed by atoms with Gasteiger partial charge in [-0.15, -0.1) is 0 Å². The molecule has 0 heterocycles. The molecule has 0 saturated carbocycles. The van der Waals surface area contributed by atoms with Crippen molar-refractivity contribution in [3.63, 3.8) is 0 Å². The van der Waals surface area contributed by atoms with Gasteiger partial charge in [-0.1, -0.05) is 45.4 Å². The van der Waals surface area contributed by atoms with Crippen LogP contribution in [0.4, 0.5) is 5.69 Å². The number of halogens is 2. The van der Waals surface area contributed by atoms with Gasteiger partial charge < -0.3 is 16.3 Å². The van der Waals surface area contributed by atoms with E-state index >= 15 is 0 Å². The van der Waals surface area contributed by atoms with Crippen molar-refractivity contribution in [1.82, 2.24) is 0 Å². The van der Waals surface area contributed by atoms with Gasteiger partial charge in [0, 0.05) is 26.7 Å². The molecule has 4 N–H and O–H groups in total. The van der Waals surface area contributed by atoms with Gasteiger partial charge in [-0.2, -0.15) is 0 Å². The maximum atomic E-state index is 8.61. The fourth-order valence-corrected chi connectivity index (χ4v) is 2.43. The van der Waals surface area contributed by atoms with Crippen molar-refractivity contribution in [1.29, 1.82) is 0 Å². The van der Waals surface area contributed by atoms with Crippen molar-refractivity contribution in [2.24, 2.45) is 10.9 Å². The average molecular weight is 399 g/mol. The number of hydrogen-bond acceptors (Lipinski definition) is 3. The van der Waals surface area contributed by atoms with E-state index in [4.69, 9.17) is 10.9 Å². The maximum absolute atomic E-state index is 8.61. The molecule has 20 heavy (non-hydrogen) atoms. The Hall–Kier alpha value is -1.53. The molecule has 0 fully saturated rings. The van der Waals surface area contributed by atoms with E-state index in [0.717, 1.165) is 20.2 Å². The first-order chi connectivity index (χ1) is 9.60. The second-order valence-corrected chi connectivity index (χ2v) is 5.93. The Morgan fingerprint density at radius 1 is 1.15 bits per heavy atom. The number of anilines is 1. The highest BCUT2D eigenvalue weighted by atomic mass is 79.9. The molecule has 104 valence electrons. The Kier molecular flexibility index (Phi) is 5.03. The fraction of sp³-hybridized carbons (Fsp3) is 0.0714. The van der Waals surface area contributed by atoms with Crippen LogP contribution in [0.1, 0.15) is 11.1 Å². The van der Waals surface area contributed by atoms with Gasteiger partial charge in [0.05, 0.1) is 0 Å². The number of benzene rings is 2. The standard InChI is InChI=1S/C14H13Br2N3O/c15-11-5-6-12(16)13(7-11)18-8-9-1-3-10(4-2-9)14(17)19-20/h1-7,18,20H,8H2,(H2,17,19). The van der Waals surface area contributed by atoms with Gasteiger partial charge in [-0.25, -0.2) is 0 Å². The lowest BCUT2D eigenvalue weighted by Crippen LogP contribution is -2.13. The predicted octanol–water partition coefficient (Wildman–Crippen LogP) is 3.92. The van der Waals surface area contributed by atoms with Crippen LogP contribution in [0.3, 0.4) is 0 Å². The number of rotatable bonds is 4. The molecule has 0 spiro atoms. The molecule has 0 unspecified atom stereocenters. The highest BCUT2D eigenvalue weighted by molar-refractivity contribution is 9.11. The van der Waals surface area contributed by atoms with Crippen LogP contribution in [-0.4, -0.2) is 11.0 Å². The van der Waals surface area contributed by atoms with Crippen molar-refractivity contribution < 1.29 is 5.21 Å². The number of hydrogen-bond donors (Lipinski definition) is 3. The molecule has 0 aliphatic rings. The third-order valence-corrected chi connectivity index (χ3v) is 3.95. The van der Waals surface area contributed by atoms with Gasteiger partial charge in [-0.05, 0) is 39.7 Å². The lowest BCUT2D eigenvalue weighted by Gasteiger charge is -2.09. The van der Waals surface area contributed by atoms with Crippen LogP contribution in [0.2, 0.25) is 0 Å². The van der Waals surface area contributed by atoms with E-state index in [0.29, 0.717) is 12.1 Å². The topological polar surface area (TPSA) is 70.6 Å². The van der Waals surface area contributed by atoms with Gasteiger partial charge in [0.2, 0.25) is 0 Å². The molecule has 0 aliphatic heterocycles. The van der Waals surface area contributed by atoms with Gasteiger partial charge in [-0.3, -0.25) is 0 Å². The summed E-state index contributed by atoms with van der Waals surface area (Å²) in [7, 11) is 0. The van der Waals surface area contributed by atoms with Crippen LogP contribution in [0, 0.1) is 0 Å².